The summed E-state index contributed by atoms with van der Waals surface area (Å²) in [6.07, 6.45) is 1.60. The largest absolute Gasteiger partial charge is 0.405 e. The topological polar surface area (TPSA) is 77.2 Å². The van der Waals surface area contributed by atoms with E-state index in [4.69, 9.17) is 32.4 Å². The van der Waals surface area contributed by atoms with Gasteiger partial charge in [0.15, 0.2) is 0 Å². The van der Waals surface area contributed by atoms with Crippen molar-refractivity contribution in [3.05, 3.63) is 26.2 Å². The Morgan fingerprint density at radius 3 is 2.95 bits per heavy atom. The van der Waals surface area contributed by atoms with Gasteiger partial charge in [-0.25, -0.2) is 0 Å². The molecule has 3 heterocycles. The zero-order valence-electron chi connectivity index (χ0n) is 10.1. The highest BCUT2D eigenvalue weighted by Crippen LogP contribution is 2.32. The number of thiophene rings is 1. The molecular formula is C11H9Cl2N3O3S. The SMILES string of the molecule is O=C(Nc1nnc([C@H]2CCCO2)o1)c1cc(Cl)sc1Cl. The lowest BCUT2D eigenvalue weighted by atomic mass is 10.2. The molecule has 9 heteroatoms. The molecule has 0 aromatic carbocycles. The minimum absolute atomic E-state index is 0.0129. The third kappa shape index (κ3) is 2.80. The number of ether oxygens (including phenoxy) is 1. The van der Waals surface area contributed by atoms with Crippen LogP contribution in [0.25, 0.3) is 0 Å². The lowest BCUT2D eigenvalue weighted by Crippen LogP contribution is -2.11. The van der Waals surface area contributed by atoms with E-state index in [1.54, 1.807) is 0 Å². The van der Waals surface area contributed by atoms with E-state index in [1.165, 1.54) is 6.07 Å². The molecule has 0 saturated carbocycles. The van der Waals surface area contributed by atoms with Crippen molar-refractivity contribution in [3.63, 3.8) is 0 Å². The standard InChI is InChI=1S/C11H9Cl2N3O3S/c12-7-4-5(8(13)20-7)9(17)14-11-16-15-10(19-11)6-2-1-3-18-6/h4,6H,1-3H2,(H,14,16,17)/t6-/m1/s1. The summed E-state index contributed by atoms with van der Waals surface area (Å²) in [5, 5.41) is 10.1. The maximum Gasteiger partial charge on any atom is 0.322 e. The number of amides is 1. The Bertz CT molecular complexity index is 637. The monoisotopic (exact) mass is 333 g/mol. The Labute approximate surface area is 128 Å². The molecule has 0 radical (unpaired) electrons. The third-order valence-corrected chi connectivity index (χ3v) is 4.26. The van der Waals surface area contributed by atoms with Crippen molar-refractivity contribution in [1.82, 2.24) is 10.2 Å². The van der Waals surface area contributed by atoms with Crippen LogP contribution in [0.15, 0.2) is 10.5 Å². The normalized spacial score (nSPS) is 18.4. The van der Waals surface area contributed by atoms with Gasteiger partial charge in [0.25, 0.3) is 5.91 Å². The lowest BCUT2D eigenvalue weighted by molar-refractivity contribution is 0.0893. The predicted octanol–water partition coefficient (Wildman–Crippen LogP) is 3.54. The number of nitrogens with zero attached hydrogens (tertiary/aromatic N) is 2. The van der Waals surface area contributed by atoms with Crippen molar-refractivity contribution >= 4 is 46.5 Å². The molecule has 20 heavy (non-hydrogen) atoms. The van der Waals surface area contributed by atoms with Crippen LogP contribution >= 0.6 is 34.5 Å². The van der Waals surface area contributed by atoms with Crippen LogP contribution in [0.1, 0.15) is 35.2 Å². The number of anilines is 1. The van der Waals surface area contributed by atoms with Gasteiger partial charge in [0.2, 0.25) is 5.89 Å². The van der Waals surface area contributed by atoms with Crippen molar-refractivity contribution in [2.24, 2.45) is 0 Å². The summed E-state index contributed by atoms with van der Waals surface area (Å²) in [7, 11) is 0. The Hall–Kier alpha value is -1.15. The van der Waals surface area contributed by atoms with Crippen LogP contribution in [0.3, 0.4) is 0 Å². The Kier molecular flexibility index (Phi) is 3.93. The van der Waals surface area contributed by atoms with E-state index >= 15 is 0 Å². The van der Waals surface area contributed by atoms with Crippen LogP contribution in [0.5, 0.6) is 0 Å². The lowest BCUT2D eigenvalue weighted by Gasteiger charge is -2.02. The van der Waals surface area contributed by atoms with Gasteiger partial charge in [-0.2, -0.15) is 0 Å². The number of carbonyl (C=O) groups is 1. The summed E-state index contributed by atoms with van der Waals surface area (Å²) >= 11 is 12.8. The van der Waals surface area contributed by atoms with Crippen LogP contribution < -0.4 is 5.32 Å². The van der Waals surface area contributed by atoms with Crippen LogP contribution in [-0.4, -0.2) is 22.7 Å². The maximum absolute atomic E-state index is 12.0. The summed E-state index contributed by atoms with van der Waals surface area (Å²) in [6.45, 7) is 0.678. The minimum Gasteiger partial charge on any atom is -0.405 e. The molecule has 0 aliphatic carbocycles. The summed E-state index contributed by atoms with van der Waals surface area (Å²) in [4.78, 5) is 12.0. The van der Waals surface area contributed by atoms with Crippen LogP contribution in [-0.2, 0) is 4.74 Å². The highest BCUT2D eigenvalue weighted by Gasteiger charge is 2.24. The number of rotatable bonds is 3. The first-order valence-electron chi connectivity index (χ1n) is 5.84. The number of hydrogen-bond acceptors (Lipinski definition) is 6. The van der Waals surface area contributed by atoms with Gasteiger partial charge in [0, 0.05) is 6.61 Å². The van der Waals surface area contributed by atoms with E-state index in [2.05, 4.69) is 15.5 Å². The number of aromatic nitrogens is 2. The number of halogens is 2. The van der Waals surface area contributed by atoms with Gasteiger partial charge < -0.3 is 9.15 Å². The fourth-order valence-electron chi connectivity index (χ4n) is 1.85. The molecule has 0 unspecified atom stereocenters. The Morgan fingerprint density at radius 1 is 1.45 bits per heavy atom. The molecule has 3 rings (SSSR count). The highest BCUT2D eigenvalue weighted by molar-refractivity contribution is 7.20. The molecular weight excluding hydrogens is 325 g/mol. The molecule has 1 aliphatic heterocycles. The molecule has 1 fully saturated rings. The average molecular weight is 334 g/mol. The molecule has 1 atom stereocenters. The number of carbonyl (C=O) groups excluding carboxylic acids is 1. The average Bonchev–Trinajstić information content (AvgIpc) is 3.09. The smallest absolute Gasteiger partial charge is 0.322 e. The van der Waals surface area contributed by atoms with E-state index in [1.807, 2.05) is 0 Å². The summed E-state index contributed by atoms with van der Waals surface area (Å²) in [6, 6.07) is 1.50. The van der Waals surface area contributed by atoms with Crippen molar-refractivity contribution < 1.29 is 13.9 Å². The Balaban J connectivity index is 1.71. The maximum atomic E-state index is 12.0. The van der Waals surface area contributed by atoms with E-state index in [0.717, 1.165) is 24.2 Å². The molecule has 2 aromatic rings. The second kappa shape index (κ2) is 5.69. The van der Waals surface area contributed by atoms with Gasteiger partial charge in [-0.3, -0.25) is 10.1 Å². The van der Waals surface area contributed by atoms with Crippen molar-refractivity contribution in [1.29, 1.82) is 0 Å². The van der Waals surface area contributed by atoms with E-state index in [0.29, 0.717) is 21.2 Å². The van der Waals surface area contributed by atoms with Gasteiger partial charge in [0.1, 0.15) is 10.4 Å². The molecule has 1 N–H and O–H groups in total. The highest BCUT2D eigenvalue weighted by atomic mass is 35.5. The molecule has 0 bridgehead atoms. The van der Waals surface area contributed by atoms with Gasteiger partial charge in [-0.05, 0) is 18.9 Å². The first-order chi connectivity index (χ1) is 9.63. The van der Waals surface area contributed by atoms with Gasteiger partial charge in [-0.1, -0.05) is 28.3 Å². The van der Waals surface area contributed by atoms with Gasteiger partial charge >= 0.3 is 6.01 Å². The molecule has 2 aromatic heterocycles. The number of nitrogens with one attached hydrogen (secondary N) is 1. The molecule has 1 aliphatic rings. The second-order valence-electron chi connectivity index (χ2n) is 4.14. The van der Waals surface area contributed by atoms with E-state index < -0.39 is 5.91 Å². The fourth-order valence-corrected chi connectivity index (χ4v) is 3.31. The van der Waals surface area contributed by atoms with Crippen LogP contribution in [0.4, 0.5) is 6.01 Å². The molecule has 106 valence electrons. The van der Waals surface area contributed by atoms with Crippen LogP contribution in [0.2, 0.25) is 8.67 Å². The zero-order chi connectivity index (χ0) is 14.1. The van der Waals surface area contributed by atoms with E-state index in [9.17, 15) is 4.79 Å². The fraction of sp³-hybridized carbons (Fsp3) is 0.364. The third-order valence-electron chi connectivity index (χ3n) is 2.77. The molecule has 6 nitrogen and oxygen atoms in total. The van der Waals surface area contributed by atoms with Crippen molar-refractivity contribution in [2.75, 3.05) is 11.9 Å². The summed E-state index contributed by atoms with van der Waals surface area (Å²) in [5.74, 6) is -0.0760. The van der Waals surface area contributed by atoms with Crippen LogP contribution in [0, 0.1) is 0 Å². The summed E-state index contributed by atoms with van der Waals surface area (Å²) < 4.78 is 11.5. The first-order valence-corrected chi connectivity index (χ1v) is 7.42. The van der Waals surface area contributed by atoms with Crippen molar-refractivity contribution in [3.8, 4) is 0 Å². The molecule has 0 spiro atoms. The van der Waals surface area contributed by atoms with E-state index in [-0.39, 0.29) is 17.7 Å². The van der Waals surface area contributed by atoms with Gasteiger partial charge in [-0.15, -0.1) is 16.4 Å². The zero-order valence-corrected chi connectivity index (χ0v) is 12.4. The summed E-state index contributed by atoms with van der Waals surface area (Å²) in [5.41, 5.74) is 0.276. The first kappa shape index (κ1) is 13.8. The predicted molar refractivity (Wildman–Crippen MR) is 74.5 cm³/mol. The molecule has 1 amide bonds. The molecule has 1 saturated heterocycles. The van der Waals surface area contributed by atoms with Gasteiger partial charge in [0.05, 0.1) is 9.90 Å². The van der Waals surface area contributed by atoms with Crippen molar-refractivity contribution in [2.45, 2.75) is 18.9 Å². The minimum atomic E-state index is -0.444. The quantitative estimate of drug-likeness (QED) is 0.929. The Morgan fingerprint density at radius 2 is 2.30 bits per heavy atom. The number of hydrogen-bond donors (Lipinski definition) is 1. The second-order valence-corrected chi connectivity index (χ2v) is 6.42.